The molecule has 26 heavy (non-hydrogen) atoms. The Morgan fingerprint density at radius 1 is 1.31 bits per heavy atom. The van der Waals surface area contributed by atoms with E-state index in [1.807, 2.05) is 11.9 Å². The summed E-state index contributed by atoms with van der Waals surface area (Å²) in [4.78, 5) is 23.4. The van der Waals surface area contributed by atoms with Crippen molar-refractivity contribution in [1.82, 2.24) is 30.3 Å². The van der Waals surface area contributed by atoms with Crippen molar-refractivity contribution < 1.29 is 4.79 Å². The highest BCUT2D eigenvalue weighted by Gasteiger charge is 2.26. The van der Waals surface area contributed by atoms with Gasteiger partial charge in [-0.15, -0.1) is 0 Å². The number of nitrogens with zero attached hydrogens (tertiary/aromatic N) is 5. The van der Waals surface area contributed by atoms with Crippen LogP contribution in [0.25, 0.3) is 0 Å². The first kappa shape index (κ1) is 20.2. The van der Waals surface area contributed by atoms with Gasteiger partial charge < -0.3 is 15.5 Å². The number of carbonyl (C=O) groups excluding carboxylic acids is 1. The number of hydrogen-bond acceptors (Lipinski definition) is 4. The molecule has 8 nitrogen and oxygen atoms in total. The molecule has 1 saturated heterocycles. The second kappa shape index (κ2) is 10.1. The summed E-state index contributed by atoms with van der Waals surface area (Å²) < 4.78 is 1.73. The minimum Gasteiger partial charge on any atom is -0.357 e. The van der Waals surface area contributed by atoms with Crippen molar-refractivity contribution in [3.05, 3.63) is 12.2 Å². The smallest absolute Gasteiger partial charge is 0.225 e. The Hall–Kier alpha value is -2.12. The van der Waals surface area contributed by atoms with Gasteiger partial charge in [-0.3, -0.25) is 9.48 Å². The third-order valence-corrected chi connectivity index (χ3v) is 5.01. The van der Waals surface area contributed by atoms with Crippen molar-refractivity contribution in [3.8, 4) is 0 Å². The summed E-state index contributed by atoms with van der Waals surface area (Å²) in [5, 5.41) is 10.8. The molecule has 0 aliphatic carbocycles. The van der Waals surface area contributed by atoms with Crippen LogP contribution in [0.4, 0.5) is 0 Å². The lowest BCUT2D eigenvalue weighted by Gasteiger charge is -2.34. The Morgan fingerprint density at radius 2 is 2.00 bits per heavy atom. The Morgan fingerprint density at radius 3 is 2.54 bits per heavy atom. The zero-order valence-corrected chi connectivity index (χ0v) is 16.5. The van der Waals surface area contributed by atoms with Gasteiger partial charge in [-0.1, -0.05) is 13.8 Å². The number of likely N-dealkylation sites (tertiary alicyclic amines) is 1. The molecule has 0 unspecified atom stereocenters. The summed E-state index contributed by atoms with van der Waals surface area (Å²) in [5.74, 6) is 2.11. The molecule has 1 aromatic heterocycles. The van der Waals surface area contributed by atoms with E-state index in [1.165, 1.54) is 6.33 Å². The van der Waals surface area contributed by atoms with Gasteiger partial charge in [0.15, 0.2) is 5.96 Å². The maximum atomic E-state index is 12.5. The average molecular weight is 364 g/mol. The van der Waals surface area contributed by atoms with Crippen LogP contribution in [0, 0.1) is 5.92 Å². The van der Waals surface area contributed by atoms with Crippen molar-refractivity contribution in [2.45, 2.75) is 59.0 Å². The minimum atomic E-state index is 0.171. The molecule has 8 heteroatoms. The van der Waals surface area contributed by atoms with E-state index >= 15 is 0 Å². The quantitative estimate of drug-likeness (QED) is 0.563. The summed E-state index contributed by atoms with van der Waals surface area (Å²) in [5.41, 5.74) is 0. The fourth-order valence-electron chi connectivity index (χ4n) is 3.27. The number of nitrogens with one attached hydrogen (secondary N) is 2. The lowest BCUT2D eigenvalue weighted by Crippen LogP contribution is -2.50. The highest BCUT2D eigenvalue weighted by atomic mass is 16.2. The van der Waals surface area contributed by atoms with Crippen LogP contribution in [0.5, 0.6) is 0 Å². The van der Waals surface area contributed by atoms with E-state index in [-0.39, 0.29) is 5.92 Å². The van der Waals surface area contributed by atoms with Gasteiger partial charge in [0, 0.05) is 38.6 Å². The number of amides is 1. The van der Waals surface area contributed by atoms with Crippen LogP contribution in [-0.2, 0) is 18.4 Å². The SMILES string of the molecule is CCNC(=NCc1ncnn1C)NC1CCN(C(=O)C(CC)CC)CC1. The summed E-state index contributed by atoms with van der Waals surface area (Å²) in [7, 11) is 1.87. The van der Waals surface area contributed by atoms with Crippen LogP contribution in [0.2, 0.25) is 0 Å². The molecule has 1 aliphatic heterocycles. The van der Waals surface area contributed by atoms with Crippen LogP contribution >= 0.6 is 0 Å². The zero-order valence-electron chi connectivity index (χ0n) is 16.5. The number of aromatic nitrogens is 3. The predicted octanol–water partition coefficient (Wildman–Crippen LogP) is 1.30. The van der Waals surface area contributed by atoms with Gasteiger partial charge in [0.25, 0.3) is 0 Å². The maximum absolute atomic E-state index is 12.5. The molecule has 0 atom stereocenters. The van der Waals surface area contributed by atoms with Crippen LogP contribution in [-0.4, -0.2) is 57.2 Å². The third kappa shape index (κ3) is 5.44. The summed E-state index contributed by atoms with van der Waals surface area (Å²) in [6.45, 7) is 9.16. The molecule has 2 heterocycles. The molecule has 2 N–H and O–H groups in total. The van der Waals surface area contributed by atoms with E-state index in [4.69, 9.17) is 0 Å². The van der Waals surface area contributed by atoms with E-state index in [0.29, 0.717) is 18.5 Å². The number of aliphatic imine (C=N–C) groups is 1. The molecule has 2 rings (SSSR count). The van der Waals surface area contributed by atoms with E-state index in [0.717, 1.165) is 57.1 Å². The lowest BCUT2D eigenvalue weighted by atomic mass is 9.98. The monoisotopic (exact) mass is 363 g/mol. The Kier molecular flexibility index (Phi) is 7.87. The molecule has 1 amide bonds. The first-order valence-corrected chi connectivity index (χ1v) is 9.75. The summed E-state index contributed by atoms with van der Waals surface area (Å²) >= 11 is 0. The topological polar surface area (TPSA) is 87.4 Å². The number of piperidine rings is 1. The number of hydrogen-bond donors (Lipinski definition) is 2. The second-order valence-corrected chi connectivity index (χ2v) is 6.75. The third-order valence-electron chi connectivity index (χ3n) is 5.01. The van der Waals surface area contributed by atoms with Crippen LogP contribution in [0.1, 0.15) is 52.3 Å². The van der Waals surface area contributed by atoms with Crippen molar-refractivity contribution in [2.24, 2.45) is 18.0 Å². The number of rotatable bonds is 7. The molecule has 1 fully saturated rings. The van der Waals surface area contributed by atoms with E-state index in [9.17, 15) is 4.79 Å². The number of carbonyl (C=O) groups is 1. The van der Waals surface area contributed by atoms with Crippen molar-refractivity contribution in [3.63, 3.8) is 0 Å². The molecule has 146 valence electrons. The molecular weight excluding hydrogens is 330 g/mol. The van der Waals surface area contributed by atoms with Crippen molar-refractivity contribution >= 4 is 11.9 Å². The van der Waals surface area contributed by atoms with Gasteiger partial charge in [-0.05, 0) is 32.6 Å². The normalized spacial score (nSPS) is 16.2. The van der Waals surface area contributed by atoms with Gasteiger partial charge in [0.2, 0.25) is 5.91 Å². The summed E-state index contributed by atoms with van der Waals surface area (Å²) in [6.07, 6.45) is 5.28. The number of aryl methyl sites for hydroxylation is 1. The van der Waals surface area contributed by atoms with Gasteiger partial charge in [0.05, 0.1) is 0 Å². The molecule has 0 spiro atoms. The Bertz CT molecular complexity index is 586. The summed E-state index contributed by atoms with van der Waals surface area (Å²) in [6, 6.07) is 0.332. The van der Waals surface area contributed by atoms with Crippen LogP contribution in [0.3, 0.4) is 0 Å². The van der Waals surface area contributed by atoms with Gasteiger partial charge >= 0.3 is 0 Å². The largest absolute Gasteiger partial charge is 0.357 e. The fraction of sp³-hybridized carbons (Fsp3) is 0.778. The first-order chi connectivity index (χ1) is 12.6. The van der Waals surface area contributed by atoms with Gasteiger partial charge in [0.1, 0.15) is 18.7 Å². The average Bonchev–Trinajstić information content (AvgIpc) is 3.06. The molecule has 0 bridgehead atoms. The second-order valence-electron chi connectivity index (χ2n) is 6.75. The van der Waals surface area contributed by atoms with Crippen molar-refractivity contribution in [2.75, 3.05) is 19.6 Å². The molecule has 0 aromatic carbocycles. The van der Waals surface area contributed by atoms with Crippen molar-refractivity contribution in [1.29, 1.82) is 0 Å². The lowest BCUT2D eigenvalue weighted by molar-refractivity contribution is -0.136. The molecule has 0 radical (unpaired) electrons. The highest BCUT2D eigenvalue weighted by molar-refractivity contribution is 5.80. The number of guanidine groups is 1. The maximum Gasteiger partial charge on any atom is 0.225 e. The molecule has 1 aliphatic rings. The van der Waals surface area contributed by atoms with E-state index in [1.54, 1.807) is 4.68 Å². The van der Waals surface area contributed by atoms with E-state index in [2.05, 4.69) is 46.5 Å². The van der Waals surface area contributed by atoms with Gasteiger partial charge in [-0.25, -0.2) is 9.98 Å². The first-order valence-electron chi connectivity index (χ1n) is 9.75. The fourth-order valence-corrected chi connectivity index (χ4v) is 3.27. The molecule has 1 aromatic rings. The predicted molar refractivity (Wildman–Crippen MR) is 103 cm³/mol. The molecule has 0 saturated carbocycles. The zero-order chi connectivity index (χ0) is 18.9. The molecular formula is C18H33N7O. The minimum absolute atomic E-state index is 0.171. The Balaban J connectivity index is 1.87. The van der Waals surface area contributed by atoms with E-state index < -0.39 is 0 Å². The Labute approximate surface area is 156 Å². The van der Waals surface area contributed by atoms with Crippen LogP contribution < -0.4 is 10.6 Å². The standard InChI is InChI=1S/C18H33N7O/c1-5-14(6-2)17(26)25-10-8-15(9-11-25)23-18(19-7-3)20-12-16-21-13-22-24(16)4/h13-15H,5-12H2,1-4H3,(H2,19,20,23). The highest BCUT2D eigenvalue weighted by Crippen LogP contribution is 2.17. The van der Waals surface area contributed by atoms with Gasteiger partial charge in [-0.2, -0.15) is 5.10 Å². The van der Waals surface area contributed by atoms with Crippen LogP contribution in [0.15, 0.2) is 11.3 Å².